The summed E-state index contributed by atoms with van der Waals surface area (Å²) >= 11 is 0. The Morgan fingerprint density at radius 3 is 2.55 bits per heavy atom. The highest BCUT2D eigenvalue weighted by atomic mass is 16.2. The van der Waals surface area contributed by atoms with Gasteiger partial charge in [-0.25, -0.2) is 4.98 Å². The standard InChI is InChI=1S/C24H27N5O2/c1-24(2,3)19-14-21(29(27-19)20-11-7-8-12-25-20)26-23(31)18-13-22(30)28(16-18)15-17-9-5-4-6-10-17/h4-12,14,18H,13,15-16H2,1-3H3,(H,26,31). The van der Waals surface area contributed by atoms with Gasteiger partial charge in [0, 0.05) is 37.2 Å². The lowest BCUT2D eigenvalue weighted by atomic mass is 9.92. The van der Waals surface area contributed by atoms with Crippen molar-refractivity contribution in [2.24, 2.45) is 5.92 Å². The van der Waals surface area contributed by atoms with E-state index in [1.807, 2.05) is 54.6 Å². The molecular weight excluding hydrogens is 390 g/mol. The fraction of sp³-hybridized carbons (Fsp3) is 0.333. The fourth-order valence-electron chi connectivity index (χ4n) is 3.62. The van der Waals surface area contributed by atoms with Crippen LogP contribution in [0.15, 0.2) is 60.8 Å². The highest BCUT2D eigenvalue weighted by molar-refractivity contribution is 5.96. The van der Waals surface area contributed by atoms with Crippen molar-refractivity contribution in [2.75, 3.05) is 11.9 Å². The molecule has 1 fully saturated rings. The average Bonchev–Trinajstić information content (AvgIpc) is 3.33. The van der Waals surface area contributed by atoms with Crippen LogP contribution in [0, 0.1) is 5.92 Å². The third kappa shape index (κ3) is 4.66. The van der Waals surface area contributed by atoms with Crippen LogP contribution in [0.4, 0.5) is 5.82 Å². The van der Waals surface area contributed by atoms with Crippen molar-refractivity contribution in [1.82, 2.24) is 19.7 Å². The molecule has 1 saturated heterocycles. The summed E-state index contributed by atoms with van der Waals surface area (Å²) in [6, 6.07) is 17.3. The molecule has 0 spiro atoms. The molecule has 1 N–H and O–H groups in total. The van der Waals surface area contributed by atoms with Crippen LogP contribution < -0.4 is 5.32 Å². The van der Waals surface area contributed by atoms with E-state index in [0.29, 0.717) is 24.7 Å². The van der Waals surface area contributed by atoms with Gasteiger partial charge < -0.3 is 10.2 Å². The van der Waals surface area contributed by atoms with Crippen molar-refractivity contribution in [3.05, 3.63) is 72.1 Å². The minimum atomic E-state index is -0.401. The highest BCUT2D eigenvalue weighted by Crippen LogP contribution is 2.27. The first-order valence-electron chi connectivity index (χ1n) is 10.5. The van der Waals surface area contributed by atoms with Gasteiger partial charge in [0.1, 0.15) is 5.82 Å². The number of aromatic nitrogens is 3. The van der Waals surface area contributed by atoms with Gasteiger partial charge in [-0.1, -0.05) is 57.2 Å². The molecule has 3 heterocycles. The van der Waals surface area contributed by atoms with Gasteiger partial charge in [-0.2, -0.15) is 9.78 Å². The smallest absolute Gasteiger partial charge is 0.230 e. The Kier molecular flexibility index (Phi) is 5.59. The molecule has 0 radical (unpaired) electrons. The topological polar surface area (TPSA) is 80.1 Å². The minimum absolute atomic E-state index is 0.00221. The normalized spacial score (nSPS) is 16.5. The number of nitrogens with one attached hydrogen (secondary N) is 1. The van der Waals surface area contributed by atoms with E-state index in [0.717, 1.165) is 11.3 Å². The first kappa shape index (κ1) is 20.8. The number of hydrogen-bond donors (Lipinski definition) is 1. The Labute approximate surface area is 182 Å². The fourth-order valence-corrected chi connectivity index (χ4v) is 3.62. The molecule has 1 aromatic carbocycles. The molecule has 1 atom stereocenters. The third-order valence-electron chi connectivity index (χ3n) is 5.40. The van der Waals surface area contributed by atoms with Crippen LogP contribution in [-0.4, -0.2) is 38.0 Å². The zero-order valence-electron chi connectivity index (χ0n) is 18.1. The maximum absolute atomic E-state index is 13.0. The lowest BCUT2D eigenvalue weighted by Crippen LogP contribution is -2.28. The van der Waals surface area contributed by atoms with Gasteiger partial charge >= 0.3 is 0 Å². The number of likely N-dealkylation sites (tertiary alicyclic amines) is 1. The number of anilines is 1. The molecule has 1 aliphatic heterocycles. The molecule has 2 amide bonds. The predicted molar refractivity (Wildman–Crippen MR) is 119 cm³/mol. The molecule has 4 rings (SSSR count). The number of carbonyl (C=O) groups excluding carboxylic acids is 2. The lowest BCUT2D eigenvalue weighted by Gasteiger charge is -2.16. The Morgan fingerprint density at radius 2 is 1.87 bits per heavy atom. The molecule has 0 bridgehead atoms. The van der Waals surface area contributed by atoms with Gasteiger partial charge in [-0.15, -0.1) is 0 Å². The second-order valence-electron chi connectivity index (χ2n) is 8.91. The molecule has 7 heteroatoms. The van der Waals surface area contributed by atoms with Gasteiger partial charge in [0.05, 0.1) is 11.6 Å². The zero-order valence-corrected chi connectivity index (χ0v) is 18.1. The van der Waals surface area contributed by atoms with Crippen molar-refractivity contribution in [2.45, 2.75) is 39.2 Å². The summed E-state index contributed by atoms with van der Waals surface area (Å²) in [6.07, 6.45) is 1.90. The summed E-state index contributed by atoms with van der Waals surface area (Å²) in [6.45, 7) is 7.13. The largest absolute Gasteiger partial charge is 0.338 e. The van der Waals surface area contributed by atoms with E-state index < -0.39 is 5.92 Å². The van der Waals surface area contributed by atoms with E-state index in [9.17, 15) is 9.59 Å². The summed E-state index contributed by atoms with van der Waals surface area (Å²) in [4.78, 5) is 31.7. The van der Waals surface area contributed by atoms with Crippen molar-refractivity contribution in [3.8, 4) is 5.82 Å². The molecule has 160 valence electrons. The minimum Gasteiger partial charge on any atom is -0.338 e. The van der Waals surface area contributed by atoms with Crippen LogP contribution in [0.1, 0.15) is 38.4 Å². The molecule has 3 aromatic rings. The molecule has 1 unspecified atom stereocenters. The molecule has 0 aliphatic carbocycles. The average molecular weight is 418 g/mol. The Morgan fingerprint density at radius 1 is 1.13 bits per heavy atom. The maximum Gasteiger partial charge on any atom is 0.230 e. The number of amides is 2. The predicted octanol–water partition coefficient (Wildman–Crippen LogP) is 3.55. The molecule has 0 saturated carbocycles. The van der Waals surface area contributed by atoms with Gasteiger partial charge in [-0.3, -0.25) is 9.59 Å². The van der Waals surface area contributed by atoms with Gasteiger partial charge in [0.15, 0.2) is 5.82 Å². The number of carbonyl (C=O) groups is 2. The first-order chi connectivity index (χ1) is 14.8. The van der Waals surface area contributed by atoms with Crippen LogP contribution in [-0.2, 0) is 21.5 Å². The number of benzene rings is 1. The molecule has 2 aromatic heterocycles. The monoisotopic (exact) mass is 417 g/mol. The van der Waals surface area contributed by atoms with Crippen LogP contribution in [0.5, 0.6) is 0 Å². The molecule has 7 nitrogen and oxygen atoms in total. The summed E-state index contributed by atoms with van der Waals surface area (Å²) in [5.41, 5.74) is 1.72. The Bertz CT molecular complexity index is 1070. The zero-order chi connectivity index (χ0) is 22.0. The van der Waals surface area contributed by atoms with Crippen LogP contribution in [0.25, 0.3) is 5.82 Å². The van der Waals surface area contributed by atoms with Crippen LogP contribution >= 0.6 is 0 Å². The second kappa shape index (κ2) is 8.34. The molecule has 1 aliphatic rings. The Hall–Kier alpha value is -3.48. The number of pyridine rings is 1. The van der Waals surface area contributed by atoms with E-state index in [4.69, 9.17) is 0 Å². The Balaban J connectivity index is 1.52. The van der Waals surface area contributed by atoms with Crippen LogP contribution in [0.2, 0.25) is 0 Å². The van der Waals surface area contributed by atoms with E-state index in [1.165, 1.54) is 0 Å². The number of nitrogens with zero attached hydrogens (tertiary/aromatic N) is 4. The maximum atomic E-state index is 13.0. The van der Waals surface area contributed by atoms with E-state index >= 15 is 0 Å². The summed E-state index contributed by atoms with van der Waals surface area (Å²) < 4.78 is 1.65. The number of rotatable bonds is 5. The van der Waals surface area contributed by atoms with Gasteiger partial charge in [0.25, 0.3) is 0 Å². The quantitative estimate of drug-likeness (QED) is 0.688. The SMILES string of the molecule is CC(C)(C)c1cc(NC(=O)C2CC(=O)N(Cc3ccccc3)C2)n(-c2ccccn2)n1. The molecule has 31 heavy (non-hydrogen) atoms. The van der Waals surface area contributed by atoms with E-state index in [-0.39, 0.29) is 23.7 Å². The van der Waals surface area contributed by atoms with Crippen molar-refractivity contribution < 1.29 is 9.59 Å². The lowest BCUT2D eigenvalue weighted by molar-refractivity contribution is -0.128. The summed E-state index contributed by atoms with van der Waals surface area (Å²) in [5, 5.41) is 7.67. The van der Waals surface area contributed by atoms with E-state index in [2.05, 4.69) is 36.2 Å². The van der Waals surface area contributed by atoms with Crippen molar-refractivity contribution in [3.63, 3.8) is 0 Å². The van der Waals surface area contributed by atoms with Gasteiger partial charge in [-0.05, 0) is 17.7 Å². The van der Waals surface area contributed by atoms with Crippen LogP contribution in [0.3, 0.4) is 0 Å². The summed E-state index contributed by atoms with van der Waals surface area (Å²) in [5.74, 6) is 0.601. The first-order valence-corrected chi connectivity index (χ1v) is 10.5. The molecular formula is C24H27N5O2. The number of hydrogen-bond acceptors (Lipinski definition) is 4. The third-order valence-corrected chi connectivity index (χ3v) is 5.40. The van der Waals surface area contributed by atoms with Crippen molar-refractivity contribution >= 4 is 17.6 Å². The van der Waals surface area contributed by atoms with E-state index in [1.54, 1.807) is 15.8 Å². The summed E-state index contributed by atoms with van der Waals surface area (Å²) in [7, 11) is 0. The second-order valence-corrected chi connectivity index (χ2v) is 8.91. The van der Waals surface area contributed by atoms with Crippen molar-refractivity contribution in [1.29, 1.82) is 0 Å². The van der Waals surface area contributed by atoms with Gasteiger partial charge in [0.2, 0.25) is 11.8 Å². The highest BCUT2D eigenvalue weighted by Gasteiger charge is 2.35.